The van der Waals surface area contributed by atoms with Crippen LogP contribution in [0.4, 0.5) is 5.69 Å². The van der Waals surface area contributed by atoms with Gasteiger partial charge in [0.1, 0.15) is 0 Å². The number of carbonyl (C=O) groups is 1. The lowest BCUT2D eigenvalue weighted by Crippen LogP contribution is -2.27. The minimum absolute atomic E-state index is 0.321. The molecule has 0 atom stereocenters. The lowest BCUT2D eigenvalue weighted by atomic mass is 9.84. The lowest BCUT2D eigenvalue weighted by molar-refractivity contribution is -0.138. The van der Waals surface area contributed by atoms with Crippen LogP contribution in [-0.2, 0) is 4.79 Å². The molecule has 1 aliphatic carbocycles. The maximum atomic E-state index is 10.7. The number of carboxylic acid groups (broad SMARTS) is 1. The zero-order valence-corrected chi connectivity index (χ0v) is 11.8. The van der Waals surface area contributed by atoms with E-state index in [0.717, 1.165) is 35.8 Å². The monoisotopic (exact) mass is 311 g/mol. The molecule has 0 amide bonds. The number of carboxylic acids is 1. The summed E-state index contributed by atoms with van der Waals surface area (Å²) in [5.41, 5.74) is 1.12. The van der Waals surface area contributed by atoms with Crippen molar-refractivity contribution in [3.63, 3.8) is 0 Å². The predicted octanol–water partition coefficient (Wildman–Crippen LogP) is 3.89. The van der Waals surface area contributed by atoms with E-state index in [1.807, 2.05) is 18.2 Å². The van der Waals surface area contributed by atoms with Crippen molar-refractivity contribution in [2.45, 2.75) is 38.1 Å². The van der Waals surface area contributed by atoms with Crippen molar-refractivity contribution in [1.82, 2.24) is 0 Å². The first kappa shape index (κ1) is 13.4. The second-order valence-electron chi connectivity index (χ2n) is 4.94. The molecule has 0 saturated heterocycles. The summed E-state index contributed by atoms with van der Waals surface area (Å²) < 4.78 is 1.08. The number of para-hydroxylation sites is 1. The summed E-state index contributed by atoms with van der Waals surface area (Å²) >= 11 is 3.53. The zero-order chi connectivity index (χ0) is 13.0. The maximum Gasteiger partial charge on any atom is 0.303 e. The van der Waals surface area contributed by atoms with Gasteiger partial charge in [0.25, 0.3) is 0 Å². The van der Waals surface area contributed by atoms with Crippen LogP contribution in [-0.4, -0.2) is 17.1 Å². The van der Waals surface area contributed by atoms with E-state index in [0.29, 0.717) is 18.4 Å². The lowest BCUT2D eigenvalue weighted by Gasteiger charge is -2.29. The van der Waals surface area contributed by atoms with E-state index in [1.54, 1.807) is 0 Å². The van der Waals surface area contributed by atoms with Gasteiger partial charge in [0.15, 0.2) is 0 Å². The molecule has 1 aromatic carbocycles. The molecule has 0 radical (unpaired) electrons. The average Bonchev–Trinajstić information content (AvgIpc) is 2.34. The third kappa shape index (κ3) is 3.73. The van der Waals surface area contributed by atoms with Gasteiger partial charge in [-0.3, -0.25) is 4.79 Å². The van der Waals surface area contributed by atoms with E-state index in [4.69, 9.17) is 5.11 Å². The molecule has 1 aliphatic rings. The Morgan fingerprint density at radius 3 is 2.56 bits per heavy atom. The molecule has 1 fully saturated rings. The van der Waals surface area contributed by atoms with Gasteiger partial charge in [0.05, 0.1) is 0 Å². The van der Waals surface area contributed by atoms with E-state index in [-0.39, 0.29) is 0 Å². The smallest absolute Gasteiger partial charge is 0.303 e. The Morgan fingerprint density at radius 2 is 1.94 bits per heavy atom. The van der Waals surface area contributed by atoms with Crippen molar-refractivity contribution >= 4 is 27.6 Å². The van der Waals surface area contributed by atoms with Crippen LogP contribution in [0.15, 0.2) is 28.7 Å². The van der Waals surface area contributed by atoms with Gasteiger partial charge in [-0.25, -0.2) is 0 Å². The molecule has 4 heteroatoms. The van der Waals surface area contributed by atoms with Crippen molar-refractivity contribution in [1.29, 1.82) is 0 Å². The average molecular weight is 312 g/mol. The predicted molar refractivity (Wildman–Crippen MR) is 75.8 cm³/mol. The summed E-state index contributed by atoms with van der Waals surface area (Å²) in [6.07, 6.45) is 4.45. The number of hydrogen-bond donors (Lipinski definition) is 2. The summed E-state index contributed by atoms with van der Waals surface area (Å²) in [5.74, 6) is -0.308. The fourth-order valence-electron chi connectivity index (χ4n) is 2.56. The number of rotatable bonds is 4. The van der Waals surface area contributed by atoms with E-state index >= 15 is 0 Å². The van der Waals surface area contributed by atoms with Crippen LogP contribution in [0.25, 0.3) is 0 Å². The molecule has 0 spiro atoms. The molecule has 98 valence electrons. The van der Waals surface area contributed by atoms with Crippen LogP contribution < -0.4 is 5.32 Å². The number of hydrogen-bond acceptors (Lipinski definition) is 2. The highest BCUT2D eigenvalue weighted by molar-refractivity contribution is 9.10. The first-order valence-corrected chi connectivity index (χ1v) is 7.17. The Balaban J connectivity index is 1.84. The molecule has 1 aromatic rings. The minimum Gasteiger partial charge on any atom is -0.481 e. The highest BCUT2D eigenvalue weighted by Crippen LogP contribution is 2.30. The normalized spacial score (nSPS) is 23.6. The number of anilines is 1. The van der Waals surface area contributed by atoms with E-state index in [1.165, 1.54) is 0 Å². The second kappa shape index (κ2) is 6.23. The number of benzene rings is 1. The summed E-state index contributed by atoms with van der Waals surface area (Å²) in [7, 11) is 0. The Bertz CT molecular complexity index is 414. The van der Waals surface area contributed by atoms with Crippen LogP contribution in [0.1, 0.15) is 32.1 Å². The topological polar surface area (TPSA) is 49.3 Å². The van der Waals surface area contributed by atoms with Gasteiger partial charge in [0, 0.05) is 22.6 Å². The number of aliphatic carboxylic acids is 1. The fraction of sp³-hybridized carbons (Fsp3) is 0.500. The van der Waals surface area contributed by atoms with Gasteiger partial charge in [-0.05, 0) is 59.7 Å². The van der Waals surface area contributed by atoms with Crippen molar-refractivity contribution in [2.24, 2.45) is 5.92 Å². The second-order valence-corrected chi connectivity index (χ2v) is 5.79. The molecule has 0 aromatic heterocycles. The van der Waals surface area contributed by atoms with Crippen LogP contribution in [0, 0.1) is 5.92 Å². The van der Waals surface area contributed by atoms with Crippen molar-refractivity contribution < 1.29 is 9.90 Å². The minimum atomic E-state index is -0.669. The van der Waals surface area contributed by atoms with Crippen molar-refractivity contribution in [3.8, 4) is 0 Å². The van der Waals surface area contributed by atoms with E-state index in [9.17, 15) is 4.79 Å². The molecule has 2 rings (SSSR count). The SMILES string of the molecule is O=C(O)CC1CCC(Nc2ccccc2Br)CC1. The van der Waals surface area contributed by atoms with Crippen LogP contribution in [0.5, 0.6) is 0 Å². The molecule has 0 bridgehead atoms. The Morgan fingerprint density at radius 1 is 1.28 bits per heavy atom. The number of halogens is 1. The van der Waals surface area contributed by atoms with Gasteiger partial charge >= 0.3 is 5.97 Å². The highest BCUT2D eigenvalue weighted by Gasteiger charge is 2.23. The zero-order valence-electron chi connectivity index (χ0n) is 10.2. The first-order chi connectivity index (χ1) is 8.65. The molecule has 2 N–H and O–H groups in total. The summed E-state index contributed by atoms with van der Waals surface area (Å²) in [6, 6.07) is 8.57. The summed E-state index contributed by atoms with van der Waals surface area (Å²) in [6.45, 7) is 0. The first-order valence-electron chi connectivity index (χ1n) is 6.38. The largest absolute Gasteiger partial charge is 0.481 e. The van der Waals surface area contributed by atoms with Gasteiger partial charge < -0.3 is 10.4 Å². The van der Waals surface area contributed by atoms with Crippen molar-refractivity contribution in [2.75, 3.05) is 5.32 Å². The molecule has 18 heavy (non-hydrogen) atoms. The maximum absolute atomic E-state index is 10.7. The van der Waals surface area contributed by atoms with Gasteiger partial charge in [-0.15, -0.1) is 0 Å². The molecular formula is C14H18BrNO2. The Kier molecular flexibility index (Phi) is 4.64. The van der Waals surface area contributed by atoms with Crippen LogP contribution in [0.2, 0.25) is 0 Å². The van der Waals surface area contributed by atoms with Crippen LogP contribution in [0.3, 0.4) is 0 Å². The van der Waals surface area contributed by atoms with Gasteiger partial charge in [0.2, 0.25) is 0 Å². The Hall–Kier alpha value is -1.03. The van der Waals surface area contributed by atoms with Gasteiger partial charge in [-0.2, -0.15) is 0 Å². The molecule has 0 aliphatic heterocycles. The van der Waals surface area contributed by atoms with Crippen molar-refractivity contribution in [3.05, 3.63) is 28.7 Å². The molecule has 0 heterocycles. The van der Waals surface area contributed by atoms with E-state index in [2.05, 4.69) is 27.3 Å². The summed E-state index contributed by atoms with van der Waals surface area (Å²) in [4.78, 5) is 10.7. The quantitative estimate of drug-likeness (QED) is 0.886. The van der Waals surface area contributed by atoms with Gasteiger partial charge in [-0.1, -0.05) is 12.1 Å². The molecule has 3 nitrogen and oxygen atoms in total. The third-order valence-electron chi connectivity index (χ3n) is 3.54. The summed E-state index contributed by atoms with van der Waals surface area (Å²) in [5, 5.41) is 12.3. The third-order valence-corrected chi connectivity index (χ3v) is 4.24. The van der Waals surface area contributed by atoms with Crippen LogP contribution >= 0.6 is 15.9 Å². The highest BCUT2D eigenvalue weighted by atomic mass is 79.9. The standard InChI is InChI=1S/C14H18BrNO2/c15-12-3-1-2-4-13(12)16-11-7-5-10(6-8-11)9-14(17)18/h1-4,10-11,16H,5-9H2,(H,17,18). The number of nitrogens with one attached hydrogen (secondary N) is 1. The molecule has 0 unspecified atom stereocenters. The fourth-order valence-corrected chi connectivity index (χ4v) is 2.96. The van der Waals surface area contributed by atoms with E-state index < -0.39 is 5.97 Å². The molecule has 1 saturated carbocycles. The Labute approximate surface area is 116 Å². The molecular weight excluding hydrogens is 294 g/mol.